The van der Waals surface area contributed by atoms with Crippen LogP contribution in [0.3, 0.4) is 0 Å². The lowest BCUT2D eigenvalue weighted by atomic mass is 10.1. The second-order valence-electron chi connectivity index (χ2n) is 6.53. The van der Waals surface area contributed by atoms with Gasteiger partial charge in [0.05, 0.1) is 12.6 Å². The molecule has 1 heterocycles. The number of hydrogen-bond donors (Lipinski definition) is 2. The Hall–Kier alpha value is -2.10. The predicted molar refractivity (Wildman–Crippen MR) is 100 cm³/mol. The van der Waals surface area contributed by atoms with Crippen molar-refractivity contribution in [1.29, 1.82) is 0 Å². The Morgan fingerprint density at radius 3 is 2.42 bits per heavy atom. The van der Waals surface area contributed by atoms with Gasteiger partial charge in [0, 0.05) is 29.2 Å². The molecule has 0 radical (unpaired) electrons. The smallest absolute Gasteiger partial charge is 0.0843 e. The molecule has 0 bridgehead atoms. The topological polar surface area (TPSA) is 37.2 Å². The number of aliphatic hydroxyl groups excluding tert-OH is 1. The lowest BCUT2D eigenvalue weighted by Gasteiger charge is -2.19. The van der Waals surface area contributed by atoms with E-state index in [-0.39, 0.29) is 6.04 Å². The summed E-state index contributed by atoms with van der Waals surface area (Å²) in [7, 11) is 0. The molecule has 3 nitrogen and oxygen atoms in total. The summed E-state index contributed by atoms with van der Waals surface area (Å²) >= 11 is 0. The highest BCUT2D eigenvalue weighted by molar-refractivity contribution is 5.85. The molecule has 0 aliphatic rings. The number of nitrogens with one attached hydrogen (secondary N) is 1. The fourth-order valence-electron chi connectivity index (χ4n) is 3.29. The molecule has 0 aliphatic heterocycles. The summed E-state index contributed by atoms with van der Waals surface area (Å²) in [5, 5.41) is 15.2. The number of aliphatic hydroxyl groups is 1. The zero-order chi connectivity index (χ0) is 17.1. The van der Waals surface area contributed by atoms with Crippen LogP contribution in [0.25, 0.3) is 10.9 Å². The van der Waals surface area contributed by atoms with E-state index in [1.165, 1.54) is 27.7 Å². The molecule has 2 aromatic carbocycles. The minimum absolute atomic E-state index is 0.227. The van der Waals surface area contributed by atoms with Crippen LogP contribution in [0.2, 0.25) is 0 Å². The highest BCUT2D eigenvalue weighted by atomic mass is 16.3. The Bertz CT molecular complexity index is 807. The molecule has 3 heteroatoms. The maximum atomic E-state index is 10.5. The summed E-state index contributed by atoms with van der Waals surface area (Å²) in [6.07, 6.45) is -0.426. The molecule has 2 atom stereocenters. The van der Waals surface area contributed by atoms with Gasteiger partial charge in [-0.25, -0.2) is 0 Å². The quantitative estimate of drug-likeness (QED) is 0.720. The summed E-state index contributed by atoms with van der Waals surface area (Å²) in [5.74, 6) is 0. The van der Waals surface area contributed by atoms with E-state index in [0.717, 1.165) is 0 Å². The van der Waals surface area contributed by atoms with Crippen molar-refractivity contribution < 1.29 is 5.11 Å². The molecule has 0 fully saturated rings. The molecule has 2 N–H and O–H groups in total. The third-order valence-corrected chi connectivity index (χ3v) is 4.90. The Kier molecular flexibility index (Phi) is 5.03. The van der Waals surface area contributed by atoms with Crippen molar-refractivity contribution in [1.82, 2.24) is 9.88 Å². The van der Waals surface area contributed by atoms with Crippen molar-refractivity contribution in [3.8, 4) is 0 Å². The van der Waals surface area contributed by atoms with Gasteiger partial charge >= 0.3 is 0 Å². The van der Waals surface area contributed by atoms with Crippen molar-refractivity contribution in [2.75, 3.05) is 6.54 Å². The van der Waals surface area contributed by atoms with E-state index in [1.54, 1.807) is 0 Å². The van der Waals surface area contributed by atoms with Gasteiger partial charge in [-0.1, -0.05) is 48.5 Å². The van der Waals surface area contributed by atoms with E-state index in [1.807, 2.05) is 18.2 Å². The normalized spacial score (nSPS) is 14.0. The van der Waals surface area contributed by atoms with Gasteiger partial charge in [0.2, 0.25) is 0 Å². The van der Waals surface area contributed by atoms with Crippen LogP contribution < -0.4 is 5.32 Å². The molecule has 0 amide bonds. The minimum atomic E-state index is -0.426. The van der Waals surface area contributed by atoms with Crippen molar-refractivity contribution in [2.24, 2.45) is 0 Å². The van der Waals surface area contributed by atoms with Crippen LogP contribution in [-0.4, -0.2) is 22.3 Å². The number of fused-ring (bicyclic) bond motifs is 1. The molecule has 0 spiro atoms. The number of aromatic nitrogens is 1. The van der Waals surface area contributed by atoms with Gasteiger partial charge in [0.1, 0.15) is 0 Å². The highest BCUT2D eigenvalue weighted by Gasteiger charge is 2.14. The monoisotopic (exact) mass is 322 g/mol. The Labute approximate surface area is 143 Å². The second kappa shape index (κ2) is 7.20. The number of rotatable bonds is 6. The molecule has 3 aromatic rings. The number of benzene rings is 2. The van der Waals surface area contributed by atoms with Gasteiger partial charge in [-0.15, -0.1) is 0 Å². The van der Waals surface area contributed by atoms with Gasteiger partial charge in [0.25, 0.3) is 0 Å². The van der Waals surface area contributed by atoms with Crippen LogP contribution in [0.15, 0.2) is 54.6 Å². The molecule has 0 saturated carbocycles. The largest absolute Gasteiger partial charge is 0.390 e. The van der Waals surface area contributed by atoms with Crippen LogP contribution in [0.5, 0.6) is 0 Å². The van der Waals surface area contributed by atoms with E-state index in [9.17, 15) is 5.11 Å². The predicted octanol–water partition coefficient (Wildman–Crippen LogP) is 3.97. The molecule has 126 valence electrons. The van der Waals surface area contributed by atoms with Crippen LogP contribution in [0.1, 0.15) is 29.8 Å². The number of nitrogens with zero attached hydrogens (tertiary/aromatic N) is 1. The zero-order valence-corrected chi connectivity index (χ0v) is 14.7. The van der Waals surface area contributed by atoms with Gasteiger partial charge in [-0.05, 0) is 38.0 Å². The lowest BCUT2D eigenvalue weighted by molar-refractivity contribution is 0.149. The summed E-state index contributed by atoms with van der Waals surface area (Å²) in [5.41, 5.74) is 4.96. The second-order valence-corrected chi connectivity index (χ2v) is 6.53. The Morgan fingerprint density at radius 2 is 1.67 bits per heavy atom. The molecule has 0 saturated heterocycles. The first-order valence-electron chi connectivity index (χ1n) is 8.58. The fraction of sp³-hybridized carbons (Fsp3) is 0.333. The maximum Gasteiger partial charge on any atom is 0.0843 e. The van der Waals surface area contributed by atoms with E-state index >= 15 is 0 Å². The summed E-state index contributed by atoms with van der Waals surface area (Å²) < 4.78 is 2.23. The van der Waals surface area contributed by atoms with Crippen molar-refractivity contribution in [3.63, 3.8) is 0 Å². The first kappa shape index (κ1) is 16.7. The third kappa shape index (κ3) is 3.37. The van der Waals surface area contributed by atoms with E-state index in [4.69, 9.17) is 0 Å². The Morgan fingerprint density at radius 1 is 1.00 bits per heavy atom. The molecule has 0 aliphatic carbocycles. The molecular weight excluding hydrogens is 296 g/mol. The van der Waals surface area contributed by atoms with E-state index in [2.05, 4.69) is 67.1 Å². The summed E-state index contributed by atoms with van der Waals surface area (Å²) in [6, 6.07) is 19.0. The molecule has 24 heavy (non-hydrogen) atoms. The van der Waals surface area contributed by atoms with Gasteiger partial charge < -0.3 is 15.0 Å². The number of hydrogen-bond acceptors (Lipinski definition) is 2. The van der Waals surface area contributed by atoms with E-state index < -0.39 is 6.10 Å². The molecule has 1 aromatic heterocycles. The zero-order valence-electron chi connectivity index (χ0n) is 14.7. The van der Waals surface area contributed by atoms with E-state index in [0.29, 0.717) is 13.1 Å². The fourth-order valence-corrected chi connectivity index (χ4v) is 3.29. The van der Waals surface area contributed by atoms with Crippen LogP contribution in [-0.2, 0) is 6.54 Å². The average Bonchev–Trinajstić information content (AvgIpc) is 2.86. The summed E-state index contributed by atoms with van der Waals surface area (Å²) in [6.45, 7) is 7.58. The third-order valence-electron chi connectivity index (χ3n) is 4.90. The first-order chi connectivity index (χ1) is 11.6. The molecule has 3 rings (SSSR count). The minimum Gasteiger partial charge on any atom is -0.390 e. The number of para-hydroxylation sites is 1. The van der Waals surface area contributed by atoms with Crippen LogP contribution >= 0.6 is 0 Å². The van der Waals surface area contributed by atoms with Crippen molar-refractivity contribution in [2.45, 2.75) is 39.5 Å². The van der Waals surface area contributed by atoms with Gasteiger partial charge in [0.15, 0.2) is 0 Å². The van der Waals surface area contributed by atoms with Crippen LogP contribution in [0.4, 0.5) is 0 Å². The Balaban J connectivity index is 1.67. The number of aryl methyl sites for hydroxylation is 1. The molecular formula is C21H26N2O. The van der Waals surface area contributed by atoms with Crippen molar-refractivity contribution >= 4 is 10.9 Å². The highest BCUT2D eigenvalue weighted by Crippen LogP contribution is 2.25. The van der Waals surface area contributed by atoms with Crippen LogP contribution in [0, 0.1) is 13.8 Å². The van der Waals surface area contributed by atoms with Crippen molar-refractivity contribution in [3.05, 3.63) is 71.4 Å². The first-order valence-corrected chi connectivity index (χ1v) is 8.58. The van der Waals surface area contributed by atoms with Gasteiger partial charge in [-0.3, -0.25) is 0 Å². The SMILES string of the molecule is Cc1c(C)n(C[C@H](O)CN[C@H](C)c2ccccc2)c2ccccc12. The maximum absolute atomic E-state index is 10.5. The molecule has 0 unspecified atom stereocenters. The standard InChI is InChI=1S/C21H26N2O/c1-15-17(3)23(21-12-8-7-11-20(15)21)14-19(24)13-22-16(2)18-9-5-4-6-10-18/h4-12,16,19,22,24H,13-14H2,1-3H3/t16-,19-/m1/s1. The average molecular weight is 322 g/mol. The summed E-state index contributed by atoms with van der Waals surface area (Å²) in [4.78, 5) is 0. The lowest BCUT2D eigenvalue weighted by Crippen LogP contribution is -2.32. The van der Waals surface area contributed by atoms with Gasteiger partial charge in [-0.2, -0.15) is 0 Å².